The summed E-state index contributed by atoms with van der Waals surface area (Å²) in [7, 11) is 0. The van der Waals surface area contributed by atoms with E-state index in [2.05, 4.69) is 0 Å². The van der Waals surface area contributed by atoms with Gasteiger partial charge in [0.2, 0.25) is 5.54 Å². The Labute approximate surface area is 88.9 Å². The van der Waals surface area contributed by atoms with Crippen molar-refractivity contribution in [2.45, 2.75) is 10.9 Å². The van der Waals surface area contributed by atoms with E-state index >= 15 is 0 Å². The van der Waals surface area contributed by atoms with Gasteiger partial charge in [-0.25, -0.2) is 4.79 Å². The van der Waals surface area contributed by atoms with Gasteiger partial charge in [-0.15, -0.1) is 11.8 Å². The highest BCUT2D eigenvalue weighted by Crippen LogP contribution is 2.42. The summed E-state index contributed by atoms with van der Waals surface area (Å²) in [6, 6.07) is 0. The Bertz CT molecular complexity index is 359. The first kappa shape index (κ1) is 9.82. The van der Waals surface area contributed by atoms with Gasteiger partial charge in [-0.1, -0.05) is 11.6 Å². The summed E-state index contributed by atoms with van der Waals surface area (Å²) in [6.45, 7) is 0. The van der Waals surface area contributed by atoms with Gasteiger partial charge in [-0.3, -0.25) is 4.79 Å². The summed E-state index contributed by atoms with van der Waals surface area (Å²) in [6.07, 6.45) is 1.44. The molecule has 3 N–H and O–H groups in total. The molecule has 1 amide bonds. The minimum Gasteiger partial charge on any atom is -0.479 e. The average Bonchev–Trinajstić information content (AvgIpc) is 2.15. The maximum absolute atomic E-state index is 11.4. The van der Waals surface area contributed by atoms with Crippen LogP contribution in [0.15, 0.2) is 11.2 Å². The predicted molar refractivity (Wildman–Crippen MR) is 51.6 cm³/mol. The highest BCUT2D eigenvalue weighted by Gasteiger charge is 2.64. The number of nitrogens with two attached hydrogens (primary N) is 1. The van der Waals surface area contributed by atoms with Crippen molar-refractivity contribution >= 4 is 35.2 Å². The predicted octanol–water partition coefficient (Wildman–Crippen LogP) is -0.236. The zero-order valence-corrected chi connectivity index (χ0v) is 8.51. The molecule has 14 heavy (non-hydrogen) atoms. The smallest absolute Gasteiger partial charge is 0.336 e. The van der Waals surface area contributed by atoms with Crippen LogP contribution in [0.5, 0.6) is 0 Å². The first-order chi connectivity index (χ1) is 6.48. The third-order valence-corrected chi connectivity index (χ3v) is 4.02. The lowest BCUT2D eigenvalue weighted by Gasteiger charge is -2.50. The fourth-order valence-corrected chi connectivity index (χ4v) is 2.93. The summed E-state index contributed by atoms with van der Waals surface area (Å²) in [5.74, 6) is -1.41. The van der Waals surface area contributed by atoms with E-state index in [0.717, 1.165) is 0 Å². The minimum absolute atomic E-state index is 0.488. The summed E-state index contributed by atoms with van der Waals surface area (Å²) in [5, 5.41) is 8.82. The van der Waals surface area contributed by atoms with Crippen molar-refractivity contribution in [3.63, 3.8) is 0 Å². The Morgan fingerprint density at radius 2 is 2.50 bits per heavy atom. The van der Waals surface area contributed by atoms with Crippen LogP contribution in [-0.2, 0) is 9.59 Å². The number of carbonyl (C=O) groups is 2. The molecule has 0 aromatic rings. The number of nitrogens with zero attached hydrogens (tertiary/aromatic N) is 1. The second-order valence-electron chi connectivity index (χ2n) is 3.13. The molecule has 2 aliphatic rings. The number of amides is 1. The Morgan fingerprint density at radius 3 is 3.07 bits per heavy atom. The zero-order valence-electron chi connectivity index (χ0n) is 6.94. The molecule has 0 aromatic heterocycles. The van der Waals surface area contributed by atoms with Crippen LogP contribution in [0.2, 0.25) is 0 Å². The first-order valence-electron chi connectivity index (χ1n) is 3.80. The second kappa shape index (κ2) is 2.88. The van der Waals surface area contributed by atoms with Crippen LogP contribution in [0.4, 0.5) is 0 Å². The normalized spacial score (nSPS) is 35.9. The molecule has 0 radical (unpaired) electrons. The first-order valence-corrected chi connectivity index (χ1v) is 5.23. The number of rotatable bonds is 1. The monoisotopic (exact) mass is 234 g/mol. The van der Waals surface area contributed by atoms with Crippen molar-refractivity contribution in [2.75, 3.05) is 5.75 Å². The standard InChI is InChI=1S/C7H7ClN2O3S/c8-3-1-10-4(11)7(9,6(12)13)5(10)14-2-3/h1,5H,2,9H2,(H,12,13)/t5-,7?/m0/s1. The zero-order chi connectivity index (χ0) is 10.5. The number of carboxylic acids is 1. The number of hydrogen-bond acceptors (Lipinski definition) is 4. The van der Waals surface area contributed by atoms with E-state index in [-0.39, 0.29) is 0 Å². The number of carbonyl (C=O) groups excluding carboxylic acids is 1. The maximum atomic E-state index is 11.4. The van der Waals surface area contributed by atoms with E-state index in [0.29, 0.717) is 10.8 Å². The number of β-lactam (4-membered cyclic amide) rings is 1. The lowest BCUT2D eigenvalue weighted by atomic mass is 9.89. The molecule has 1 unspecified atom stereocenters. The van der Waals surface area contributed by atoms with Crippen LogP contribution < -0.4 is 5.73 Å². The Kier molecular flexibility index (Phi) is 2.02. The fourth-order valence-electron chi connectivity index (χ4n) is 1.46. The van der Waals surface area contributed by atoms with Crippen molar-refractivity contribution < 1.29 is 14.7 Å². The Balaban J connectivity index is 2.31. The van der Waals surface area contributed by atoms with Gasteiger partial charge < -0.3 is 15.7 Å². The van der Waals surface area contributed by atoms with Crippen molar-refractivity contribution in [1.82, 2.24) is 4.90 Å². The van der Waals surface area contributed by atoms with Gasteiger partial charge >= 0.3 is 5.97 Å². The van der Waals surface area contributed by atoms with Crippen LogP contribution in [0.1, 0.15) is 0 Å². The van der Waals surface area contributed by atoms with Gasteiger partial charge in [0, 0.05) is 17.0 Å². The second-order valence-corrected chi connectivity index (χ2v) is 4.68. The number of fused-ring (bicyclic) bond motifs is 1. The minimum atomic E-state index is -1.78. The van der Waals surface area contributed by atoms with E-state index in [1.807, 2.05) is 0 Å². The molecule has 76 valence electrons. The van der Waals surface area contributed by atoms with Crippen molar-refractivity contribution in [3.05, 3.63) is 11.2 Å². The third kappa shape index (κ3) is 1.01. The van der Waals surface area contributed by atoms with Crippen LogP contribution in [0.25, 0.3) is 0 Å². The molecule has 7 heteroatoms. The largest absolute Gasteiger partial charge is 0.479 e. The van der Waals surface area contributed by atoms with E-state index in [4.69, 9.17) is 22.4 Å². The SMILES string of the molecule is NC1(C(=O)O)C(=O)N2C=C(Cl)CS[C@H]21. The van der Waals surface area contributed by atoms with Crippen molar-refractivity contribution in [1.29, 1.82) is 0 Å². The van der Waals surface area contributed by atoms with Crippen LogP contribution in [-0.4, -0.2) is 38.5 Å². The molecule has 2 heterocycles. The number of aliphatic carboxylic acids is 1. The maximum Gasteiger partial charge on any atom is 0.336 e. The quantitative estimate of drug-likeness (QED) is 0.484. The third-order valence-electron chi connectivity index (χ3n) is 2.24. The molecule has 5 nitrogen and oxygen atoms in total. The van der Waals surface area contributed by atoms with Gasteiger partial charge in [0.05, 0.1) is 0 Å². The molecule has 0 bridgehead atoms. The number of carboxylic acid groups (broad SMARTS) is 1. The van der Waals surface area contributed by atoms with Crippen LogP contribution >= 0.6 is 23.4 Å². The lowest BCUT2D eigenvalue weighted by Crippen LogP contribution is -2.79. The Hall–Kier alpha value is -0.720. The molecule has 2 rings (SSSR count). The molecule has 0 spiro atoms. The molecule has 1 fully saturated rings. The van der Waals surface area contributed by atoms with E-state index in [1.165, 1.54) is 22.9 Å². The molecular formula is C7H7ClN2O3S. The van der Waals surface area contributed by atoms with Crippen LogP contribution in [0.3, 0.4) is 0 Å². The highest BCUT2D eigenvalue weighted by molar-refractivity contribution is 8.00. The molecule has 2 aliphatic heterocycles. The van der Waals surface area contributed by atoms with E-state index < -0.39 is 22.8 Å². The molecule has 0 saturated carbocycles. The fraction of sp³-hybridized carbons (Fsp3) is 0.429. The average molecular weight is 235 g/mol. The van der Waals surface area contributed by atoms with Gasteiger partial charge in [0.15, 0.2) is 0 Å². The molecular weight excluding hydrogens is 228 g/mol. The lowest BCUT2D eigenvalue weighted by molar-refractivity contribution is -0.164. The Morgan fingerprint density at radius 1 is 1.86 bits per heavy atom. The van der Waals surface area contributed by atoms with Crippen molar-refractivity contribution in [3.8, 4) is 0 Å². The van der Waals surface area contributed by atoms with Crippen molar-refractivity contribution in [2.24, 2.45) is 5.73 Å². The van der Waals surface area contributed by atoms with Gasteiger partial charge in [0.1, 0.15) is 5.37 Å². The molecule has 0 aromatic carbocycles. The number of thioether (sulfide) groups is 1. The topological polar surface area (TPSA) is 83.6 Å². The summed E-state index contributed by atoms with van der Waals surface area (Å²) >= 11 is 6.97. The van der Waals surface area contributed by atoms with E-state index in [9.17, 15) is 9.59 Å². The summed E-state index contributed by atoms with van der Waals surface area (Å²) in [5.41, 5.74) is 3.73. The van der Waals surface area contributed by atoms with Gasteiger partial charge in [0.25, 0.3) is 5.91 Å². The molecule has 0 aliphatic carbocycles. The summed E-state index contributed by atoms with van der Waals surface area (Å²) in [4.78, 5) is 23.5. The van der Waals surface area contributed by atoms with Gasteiger partial charge in [-0.05, 0) is 0 Å². The summed E-state index contributed by atoms with van der Waals surface area (Å²) < 4.78 is 0. The highest BCUT2D eigenvalue weighted by atomic mass is 35.5. The molecule has 2 atom stereocenters. The number of hydrogen-bond donors (Lipinski definition) is 2. The van der Waals surface area contributed by atoms with Gasteiger partial charge in [-0.2, -0.15) is 0 Å². The van der Waals surface area contributed by atoms with Crippen LogP contribution in [0, 0.1) is 0 Å². The molecule has 1 saturated heterocycles. The van der Waals surface area contributed by atoms with E-state index in [1.54, 1.807) is 0 Å². The number of halogens is 1.